The summed E-state index contributed by atoms with van der Waals surface area (Å²) in [7, 11) is 2.98. The van der Waals surface area contributed by atoms with E-state index >= 15 is 0 Å². The molecule has 1 N–H and O–H groups in total. The monoisotopic (exact) mass is 449 g/mol. The van der Waals surface area contributed by atoms with Crippen molar-refractivity contribution in [2.24, 2.45) is 0 Å². The number of H-pyrrole nitrogens is 1. The zero-order chi connectivity index (χ0) is 22.8. The molecule has 7 nitrogen and oxygen atoms in total. The van der Waals surface area contributed by atoms with Gasteiger partial charge in [-0.2, -0.15) is 0 Å². The maximum atomic E-state index is 13.0. The lowest BCUT2D eigenvalue weighted by molar-refractivity contribution is 0.0600. The van der Waals surface area contributed by atoms with Crippen molar-refractivity contribution >= 4 is 34.5 Å². The molecule has 2 aromatic carbocycles. The number of aromatic nitrogens is 3. The minimum Gasteiger partial charge on any atom is -0.497 e. The van der Waals surface area contributed by atoms with Crippen LogP contribution in [0.25, 0.3) is 16.7 Å². The van der Waals surface area contributed by atoms with Gasteiger partial charge in [-0.05, 0) is 56.3 Å². The first-order chi connectivity index (χ1) is 15.4. The lowest BCUT2D eigenvalue weighted by atomic mass is 10.2. The van der Waals surface area contributed by atoms with Gasteiger partial charge in [0.15, 0.2) is 10.9 Å². The fraction of sp³-hybridized carbons (Fsp3) is 0.208. The van der Waals surface area contributed by atoms with Crippen LogP contribution < -0.4 is 4.74 Å². The number of aryl methyl sites for hydroxylation is 1. The number of rotatable bonds is 7. The number of carbonyl (C=O) groups is 2. The summed E-state index contributed by atoms with van der Waals surface area (Å²) in [5.41, 5.74) is 5.53. The molecular formula is C24H23N3O4S. The van der Waals surface area contributed by atoms with Crippen LogP contribution in [0.2, 0.25) is 0 Å². The van der Waals surface area contributed by atoms with Crippen LogP contribution in [0.1, 0.15) is 32.1 Å². The number of fused-ring (bicyclic) bond motifs is 1. The van der Waals surface area contributed by atoms with Crippen molar-refractivity contribution in [3.8, 4) is 11.4 Å². The Bertz CT molecular complexity index is 1310. The number of thioether (sulfide) groups is 1. The molecule has 0 atom stereocenters. The number of benzene rings is 2. The van der Waals surface area contributed by atoms with E-state index in [2.05, 4.69) is 9.97 Å². The van der Waals surface area contributed by atoms with Gasteiger partial charge in [0.2, 0.25) is 0 Å². The summed E-state index contributed by atoms with van der Waals surface area (Å²) in [6.45, 7) is 3.88. The van der Waals surface area contributed by atoms with E-state index in [4.69, 9.17) is 9.47 Å². The quantitative estimate of drug-likeness (QED) is 0.249. The minimum absolute atomic E-state index is 0.0265. The fourth-order valence-electron chi connectivity index (χ4n) is 3.68. The Morgan fingerprint density at radius 3 is 2.50 bits per heavy atom. The third-order valence-corrected chi connectivity index (χ3v) is 6.16. The number of esters is 1. The molecule has 0 radical (unpaired) electrons. The molecule has 0 spiro atoms. The molecule has 2 heterocycles. The van der Waals surface area contributed by atoms with Gasteiger partial charge in [0, 0.05) is 28.7 Å². The maximum absolute atomic E-state index is 13.0. The van der Waals surface area contributed by atoms with Crippen LogP contribution in [-0.2, 0) is 4.74 Å². The smallest absolute Gasteiger partial charge is 0.337 e. The molecule has 0 bridgehead atoms. The average molecular weight is 450 g/mol. The molecule has 0 saturated heterocycles. The molecule has 8 heteroatoms. The van der Waals surface area contributed by atoms with Crippen molar-refractivity contribution in [2.75, 3.05) is 20.0 Å². The van der Waals surface area contributed by atoms with E-state index in [0.29, 0.717) is 16.3 Å². The first-order valence-corrected chi connectivity index (χ1v) is 11.0. The summed E-state index contributed by atoms with van der Waals surface area (Å²) in [6, 6.07) is 14.6. The summed E-state index contributed by atoms with van der Waals surface area (Å²) in [5.74, 6) is 0.663. The molecule has 0 aliphatic rings. The Kier molecular flexibility index (Phi) is 6.05. The van der Waals surface area contributed by atoms with Gasteiger partial charge in [-0.1, -0.05) is 11.8 Å². The van der Waals surface area contributed by atoms with Gasteiger partial charge in [-0.25, -0.2) is 9.78 Å². The third kappa shape index (κ3) is 4.13. The van der Waals surface area contributed by atoms with Gasteiger partial charge in [-0.3, -0.25) is 4.79 Å². The first-order valence-electron chi connectivity index (χ1n) is 9.98. The number of methoxy groups -OCH3 is 2. The normalized spacial score (nSPS) is 11.0. The Morgan fingerprint density at radius 1 is 1.06 bits per heavy atom. The number of Topliss-reactive ketones (excluding diaryl/α,β-unsaturated/α-hetero) is 1. The topological polar surface area (TPSA) is 86.2 Å². The van der Waals surface area contributed by atoms with Crippen molar-refractivity contribution < 1.29 is 19.1 Å². The number of imidazole rings is 1. The highest BCUT2D eigenvalue weighted by Crippen LogP contribution is 2.26. The van der Waals surface area contributed by atoms with Crippen molar-refractivity contribution in [1.29, 1.82) is 0 Å². The van der Waals surface area contributed by atoms with E-state index in [1.807, 2.05) is 54.8 Å². The lowest BCUT2D eigenvalue weighted by Gasteiger charge is -2.10. The summed E-state index contributed by atoms with van der Waals surface area (Å²) < 4.78 is 12.0. The molecule has 4 rings (SSSR count). The summed E-state index contributed by atoms with van der Waals surface area (Å²) in [4.78, 5) is 32.4. The van der Waals surface area contributed by atoms with E-state index in [9.17, 15) is 9.59 Å². The second kappa shape index (κ2) is 8.92. The molecule has 0 unspecified atom stereocenters. The van der Waals surface area contributed by atoms with Crippen molar-refractivity contribution in [2.45, 2.75) is 19.0 Å². The Balaban J connectivity index is 1.52. The maximum Gasteiger partial charge on any atom is 0.337 e. The Hall–Kier alpha value is -3.52. The minimum atomic E-state index is -0.380. The molecule has 164 valence electrons. The van der Waals surface area contributed by atoms with Crippen molar-refractivity contribution in [1.82, 2.24) is 14.5 Å². The second-order valence-corrected chi connectivity index (χ2v) is 8.26. The molecule has 4 aromatic rings. The second-order valence-electron chi connectivity index (χ2n) is 7.30. The van der Waals surface area contributed by atoms with E-state index in [0.717, 1.165) is 33.9 Å². The molecule has 0 aliphatic carbocycles. The predicted octanol–water partition coefficient (Wildman–Crippen LogP) is 4.74. The van der Waals surface area contributed by atoms with E-state index in [1.165, 1.54) is 18.9 Å². The molecule has 0 saturated carbocycles. The standard InChI is InChI=1S/C24H23N3O4S/c1-14-11-19(15(2)27(14)17-7-5-16(6-8-17)23(29)31-4)22(28)13-32-24-25-20-10-9-18(30-3)12-21(20)26-24/h5-12H,13H2,1-4H3,(H,25,26). The van der Waals surface area contributed by atoms with Gasteiger partial charge >= 0.3 is 5.97 Å². The highest BCUT2D eigenvalue weighted by atomic mass is 32.2. The molecule has 2 aromatic heterocycles. The highest BCUT2D eigenvalue weighted by molar-refractivity contribution is 7.99. The molecule has 0 fully saturated rings. The van der Waals surface area contributed by atoms with Crippen LogP contribution >= 0.6 is 11.8 Å². The first kappa shape index (κ1) is 21.7. The SMILES string of the molecule is COC(=O)c1ccc(-n2c(C)cc(C(=O)CSc3nc4ccc(OC)cc4[nH]3)c2C)cc1. The van der Waals surface area contributed by atoms with E-state index < -0.39 is 0 Å². The molecule has 0 aliphatic heterocycles. The zero-order valence-corrected chi connectivity index (χ0v) is 19.1. The number of nitrogens with one attached hydrogen (secondary N) is 1. The van der Waals surface area contributed by atoms with Crippen LogP contribution in [-0.4, -0.2) is 46.3 Å². The number of hydrogen-bond donors (Lipinski definition) is 1. The van der Waals surface area contributed by atoms with Gasteiger partial charge in [0.1, 0.15) is 5.75 Å². The van der Waals surface area contributed by atoms with Crippen LogP contribution in [0, 0.1) is 13.8 Å². The number of aromatic amines is 1. The number of ketones is 1. The summed E-state index contributed by atoms with van der Waals surface area (Å²) in [5, 5.41) is 0.689. The number of nitrogens with zero attached hydrogens (tertiary/aromatic N) is 2. The van der Waals surface area contributed by atoms with Gasteiger partial charge in [0.05, 0.1) is 36.6 Å². The van der Waals surface area contributed by atoms with Crippen LogP contribution in [0.5, 0.6) is 5.75 Å². The lowest BCUT2D eigenvalue weighted by Crippen LogP contribution is -2.06. The molecule has 0 amide bonds. The number of ether oxygens (including phenoxy) is 2. The van der Waals surface area contributed by atoms with Crippen molar-refractivity contribution in [3.63, 3.8) is 0 Å². The molecular weight excluding hydrogens is 426 g/mol. The van der Waals surface area contributed by atoms with Crippen molar-refractivity contribution in [3.05, 3.63) is 71.0 Å². The summed E-state index contributed by atoms with van der Waals surface area (Å²) >= 11 is 1.37. The third-order valence-electron chi connectivity index (χ3n) is 5.29. The van der Waals surface area contributed by atoms with Crippen LogP contribution in [0.3, 0.4) is 0 Å². The number of carbonyl (C=O) groups excluding carboxylic acids is 2. The fourth-order valence-corrected chi connectivity index (χ4v) is 4.45. The average Bonchev–Trinajstić information content (AvgIpc) is 3.36. The van der Waals surface area contributed by atoms with Gasteiger partial charge in [-0.15, -0.1) is 0 Å². The predicted molar refractivity (Wildman–Crippen MR) is 124 cm³/mol. The van der Waals surface area contributed by atoms with Crippen LogP contribution in [0.4, 0.5) is 0 Å². The van der Waals surface area contributed by atoms with E-state index in [1.54, 1.807) is 19.2 Å². The summed E-state index contributed by atoms with van der Waals surface area (Å²) in [6.07, 6.45) is 0. The van der Waals surface area contributed by atoms with E-state index in [-0.39, 0.29) is 17.5 Å². The Labute approximate surface area is 189 Å². The zero-order valence-electron chi connectivity index (χ0n) is 18.3. The van der Waals surface area contributed by atoms with Crippen LogP contribution in [0.15, 0.2) is 53.7 Å². The highest BCUT2D eigenvalue weighted by Gasteiger charge is 2.18. The van der Waals surface area contributed by atoms with Gasteiger partial charge in [0.25, 0.3) is 0 Å². The van der Waals surface area contributed by atoms with Gasteiger partial charge < -0.3 is 19.0 Å². The Morgan fingerprint density at radius 2 is 1.81 bits per heavy atom. The molecule has 32 heavy (non-hydrogen) atoms. The largest absolute Gasteiger partial charge is 0.497 e. The number of hydrogen-bond acceptors (Lipinski definition) is 6.